The summed E-state index contributed by atoms with van der Waals surface area (Å²) in [5.74, 6) is 4.88. The molecule has 2 N–H and O–H groups in total. The predicted octanol–water partition coefficient (Wildman–Crippen LogP) is 3.99. The SMILES string of the molecule is C=C(NCC1CN(c2ccc(Nc3ccc(C#CC)ccc3=O)c(F)c2)C(=O)O1)C(F)F. The molecule has 6 nitrogen and oxygen atoms in total. The van der Waals surface area contributed by atoms with Crippen LogP contribution in [-0.4, -0.2) is 31.7 Å². The number of benzene rings is 1. The lowest BCUT2D eigenvalue weighted by molar-refractivity contribution is 0.137. The minimum atomic E-state index is -2.73. The van der Waals surface area contributed by atoms with Crippen LogP contribution in [0, 0.1) is 17.7 Å². The van der Waals surface area contributed by atoms with Gasteiger partial charge in [-0.2, -0.15) is 0 Å². The van der Waals surface area contributed by atoms with Crippen molar-refractivity contribution in [3.8, 4) is 11.8 Å². The Hall–Kier alpha value is -3.93. The van der Waals surface area contributed by atoms with Crippen LogP contribution in [-0.2, 0) is 4.74 Å². The second-order valence-corrected chi connectivity index (χ2v) is 6.89. The molecule has 32 heavy (non-hydrogen) atoms. The van der Waals surface area contributed by atoms with Crippen molar-refractivity contribution in [2.24, 2.45) is 0 Å². The molecule has 0 radical (unpaired) electrons. The smallest absolute Gasteiger partial charge is 0.414 e. The van der Waals surface area contributed by atoms with Gasteiger partial charge in [0.15, 0.2) is 0 Å². The van der Waals surface area contributed by atoms with E-state index in [0.717, 1.165) is 6.07 Å². The van der Waals surface area contributed by atoms with Crippen molar-refractivity contribution < 1.29 is 22.7 Å². The predicted molar refractivity (Wildman–Crippen MR) is 116 cm³/mol. The van der Waals surface area contributed by atoms with E-state index in [1.165, 1.54) is 29.2 Å². The first-order valence-corrected chi connectivity index (χ1v) is 9.61. The summed E-state index contributed by atoms with van der Waals surface area (Å²) in [5.41, 5.74) is 0.256. The Morgan fingerprint density at radius 1 is 1.22 bits per heavy atom. The van der Waals surface area contributed by atoms with Gasteiger partial charge in [-0.3, -0.25) is 9.69 Å². The summed E-state index contributed by atoms with van der Waals surface area (Å²) < 4.78 is 44.8. The van der Waals surface area contributed by atoms with Crippen LogP contribution in [0.3, 0.4) is 0 Å². The zero-order valence-corrected chi connectivity index (χ0v) is 17.1. The monoisotopic (exact) mass is 443 g/mol. The molecule has 1 unspecified atom stereocenters. The van der Waals surface area contributed by atoms with Crippen LogP contribution >= 0.6 is 0 Å². The van der Waals surface area contributed by atoms with Crippen LogP contribution in [0.4, 0.5) is 35.0 Å². The summed E-state index contributed by atoms with van der Waals surface area (Å²) in [6.45, 7) is 4.87. The Morgan fingerprint density at radius 2 is 1.94 bits per heavy atom. The topological polar surface area (TPSA) is 70.7 Å². The minimum Gasteiger partial charge on any atom is -0.442 e. The van der Waals surface area contributed by atoms with Crippen LogP contribution in [0.15, 0.2) is 59.5 Å². The molecule has 2 aromatic carbocycles. The lowest BCUT2D eigenvalue weighted by atomic mass is 10.2. The fourth-order valence-electron chi connectivity index (χ4n) is 2.98. The van der Waals surface area contributed by atoms with Crippen LogP contribution in [0.25, 0.3) is 0 Å². The van der Waals surface area contributed by atoms with E-state index in [4.69, 9.17) is 4.74 Å². The molecule has 1 amide bonds. The number of amides is 1. The number of ether oxygens (including phenoxy) is 1. The average Bonchev–Trinajstić information content (AvgIpc) is 3.04. The zero-order valence-electron chi connectivity index (χ0n) is 17.1. The zero-order chi connectivity index (χ0) is 23.3. The van der Waals surface area contributed by atoms with Gasteiger partial charge in [0.2, 0.25) is 5.43 Å². The Morgan fingerprint density at radius 3 is 2.62 bits per heavy atom. The van der Waals surface area contributed by atoms with E-state index < -0.39 is 30.1 Å². The number of nitrogens with zero attached hydrogens (tertiary/aromatic N) is 1. The molecule has 1 aliphatic rings. The second-order valence-electron chi connectivity index (χ2n) is 6.89. The van der Waals surface area contributed by atoms with Gasteiger partial charge in [0.05, 0.1) is 35.8 Å². The van der Waals surface area contributed by atoms with Gasteiger partial charge in [-0.05, 0) is 49.4 Å². The number of carbonyl (C=O) groups is 1. The number of allylic oxidation sites excluding steroid dienone is 1. The minimum absolute atomic E-state index is 0.0409. The van der Waals surface area contributed by atoms with Crippen LogP contribution in [0.1, 0.15) is 12.5 Å². The molecule has 0 bridgehead atoms. The third kappa shape index (κ3) is 5.40. The molecule has 1 saturated heterocycles. The number of anilines is 3. The highest BCUT2D eigenvalue weighted by Gasteiger charge is 2.33. The second kappa shape index (κ2) is 9.92. The summed E-state index contributed by atoms with van der Waals surface area (Å²) >= 11 is 0. The van der Waals surface area contributed by atoms with Crippen molar-refractivity contribution in [3.05, 3.63) is 76.3 Å². The summed E-state index contributed by atoms with van der Waals surface area (Å²) in [7, 11) is 0. The number of cyclic esters (lactones) is 1. The molecule has 3 rings (SSSR count). The molecule has 166 valence electrons. The molecule has 0 aromatic heterocycles. The van der Waals surface area contributed by atoms with E-state index >= 15 is 0 Å². The number of nitrogens with one attached hydrogen (secondary N) is 2. The van der Waals surface area contributed by atoms with Gasteiger partial charge in [-0.15, -0.1) is 5.92 Å². The van der Waals surface area contributed by atoms with E-state index in [1.54, 1.807) is 19.1 Å². The van der Waals surface area contributed by atoms with Crippen molar-refractivity contribution in [2.45, 2.75) is 19.5 Å². The third-order valence-corrected chi connectivity index (χ3v) is 4.61. The fraction of sp³-hybridized carbons (Fsp3) is 0.217. The molecule has 9 heteroatoms. The first-order chi connectivity index (χ1) is 15.3. The Balaban J connectivity index is 1.72. The Kier molecular flexibility index (Phi) is 7.05. The number of alkyl halides is 2. The van der Waals surface area contributed by atoms with Crippen molar-refractivity contribution in [1.82, 2.24) is 5.32 Å². The molecule has 0 aliphatic carbocycles. The summed E-state index contributed by atoms with van der Waals surface area (Å²) in [6.07, 6.45) is -4.15. The molecule has 1 atom stereocenters. The number of carbonyl (C=O) groups excluding carboxylic acids is 1. The number of halogens is 3. The van der Waals surface area contributed by atoms with Crippen LogP contribution in [0.5, 0.6) is 0 Å². The fourth-order valence-corrected chi connectivity index (χ4v) is 2.98. The normalized spacial score (nSPS) is 15.1. The maximum atomic E-state index is 14.7. The molecule has 2 aromatic rings. The highest BCUT2D eigenvalue weighted by atomic mass is 19.3. The summed E-state index contributed by atoms with van der Waals surface area (Å²) in [6, 6.07) is 10.1. The quantitative estimate of drug-likeness (QED) is 0.634. The van der Waals surface area contributed by atoms with Crippen molar-refractivity contribution in [1.29, 1.82) is 0 Å². The van der Waals surface area contributed by atoms with E-state index in [-0.39, 0.29) is 35.6 Å². The summed E-state index contributed by atoms with van der Waals surface area (Å²) in [5, 5.41) is 5.16. The number of rotatable bonds is 7. The molecule has 1 fully saturated rings. The van der Waals surface area contributed by atoms with E-state index in [9.17, 15) is 22.8 Å². The molecular weight excluding hydrogens is 423 g/mol. The molecule has 0 saturated carbocycles. The lowest BCUT2D eigenvalue weighted by Gasteiger charge is -2.15. The molecular formula is C23H20F3N3O3. The Bertz CT molecular complexity index is 1160. The maximum Gasteiger partial charge on any atom is 0.414 e. The van der Waals surface area contributed by atoms with Gasteiger partial charge in [0.1, 0.15) is 11.9 Å². The van der Waals surface area contributed by atoms with Crippen LogP contribution < -0.4 is 21.0 Å². The summed E-state index contributed by atoms with van der Waals surface area (Å²) in [4.78, 5) is 25.6. The molecule has 0 spiro atoms. The van der Waals surface area contributed by atoms with Gasteiger partial charge in [0, 0.05) is 5.56 Å². The van der Waals surface area contributed by atoms with Gasteiger partial charge in [-0.1, -0.05) is 12.5 Å². The first kappa shape index (κ1) is 22.7. The van der Waals surface area contributed by atoms with Crippen molar-refractivity contribution in [2.75, 3.05) is 23.3 Å². The molecule has 1 aliphatic heterocycles. The molecule has 1 heterocycles. The lowest BCUT2D eigenvalue weighted by Crippen LogP contribution is -2.31. The van der Waals surface area contributed by atoms with Gasteiger partial charge in [-0.25, -0.2) is 18.0 Å². The van der Waals surface area contributed by atoms with Crippen molar-refractivity contribution in [3.63, 3.8) is 0 Å². The first-order valence-electron chi connectivity index (χ1n) is 9.61. The van der Waals surface area contributed by atoms with Gasteiger partial charge in [0.25, 0.3) is 6.43 Å². The van der Waals surface area contributed by atoms with Crippen molar-refractivity contribution >= 4 is 23.2 Å². The third-order valence-electron chi connectivity index (χ3n) is 4.61. The highest BCUT2D eigenvalue weighted by molar-refractivity contribution is 5.90. The standard InChI is InChI=1S/C23H20F3N3O3/c1-3-4-15-5-8-20(21(30)10-6-15)28-19-9-7-16(11-18(19)24)29-13-17(32-23(29)31)12-27-14(2)22(25)26/h5-11,17,22,27H,2,12-13H2,1H3,(H,28,30). The van der Waals surface area contributed by atoms with E-state index in [2.05, 4.69) is 29.1 Å². The largest absolute Gasteiger partial charge is 0.442 e. The van der Waals surface area contributed by atoms with E-state index in [1.807, 2.05) is 0 Å². The maximum absolute atomic E-state index is 14.7. The van der Waals surface area contributed by atoms with Crippen LogP contribution in [0.2, 0.25) is 0 Å². The Labute approximate surface area is 182 Å². The average molecular weight is 443 g/mol. The number of hydrogen-bond donors (Lipinski definition) is 2. The highest BCUT2D eigenvalue weighted by Crippen LogP contribution is 2.27. The van der Waals surface area contributed by atoms with Gasteiger partial charge >= 0.3 is 6.09 Å². The van der Waals surface area contributed by atoms with E-state index in [0.29, 0.717) is 5.56 Å². The number of hydrogen-bond acceptors (Lipinski definition) is 5. The van der Waals surface area contributed by atoms with Gasteiger partial charge < -0.3 is 15.4 Å².